The van der Waals surface area contributed by atoms with E-state index in [4.69, 9.17) is 11.6 Å². The second kappa shape index (κ2) is 5.83. The molecule has 0 aliphatic heterocycles. The Balaban J connectivity index is 2.27. The summed E-state index contributed by atoms with van der Waals surface area (Å²) in [5, 5.41) is 0.500. The van der Waals surface area contributed by atoms with Crippen LogP contribution in [-0.4, -0.2) is 5.78 Å². The Bertz CT molecular complexity index is 543. The lowest BCUT2D eigenvalue weighted by atomic mass is 10.0. The van der Waals surface area contributed by atoms with Gasteiger partial charge >= 0.3 is 0 Å². The van der Waals surface area contributed by atoms with Crippen molar-refractivity contribution in [3.8, 4) is 0 Å². The van der Waals surface area contributed by atoms with E-state index in [0.29, 0.717) is 16.1 Å². The number of hydrogen-bond donors (Lipinski definition) is 0. The van der Waals surface area contributed by atoms with E-state index in [2.05, 4.69) is 6.92 Å². The first kappa shape index (κ1) is 12.8. The van der Waals surface area contributed by atoms with Crippen molar-refractivity contribution >= 4 is 17.4 Å². The van der Waals surface area contributed by atoms with E-state index in [-0.39, 0.29) is 5.78 Å². The zero-order chi connectivity index (χ0) is 13.0. The van der Waals surface area contributed by atoms with Crippen molar-refractivity contribution < 1.29 is 4.79 Å². The number of benzene rings is 2. The zero-order valence-corrected chi connectivity index (χ0v) is 11.1. The fourth-order valence-electron chi connectivity index (χ4n) is 1.91. The van der Waals surface area contributed by atoms with E-state index < -0.39 is 0 Å². The van der Waals surface area contributed by atoms with Gasteiger partial charge in [-0.25, -0.2) is 0 Å². The van der Waals surface area contributed by atoms with Gasteiger partial charge in [-0.1, -0.05) is 61.3 Å². The van der Waals surface area contributed by atoms with Gasteiger partial charge in [0.1, 0.15) is 0 Å². The molecule has 0 saturated carbocycles. The van der Waals surface area contributed by atoms with Crippen LogP contribution in [0.15, 0.2) is 48.5 Å². The lowest BCUT2D eigenvalue weighted by molar-refractivity contribution is 0.103. The van der Waals surface area contributed by atoms with Crippen molar-refractivity contribution in [2.24, 2.45) is 0 Å². The Morgan fingerprint density at radius 2 is 1.72 bits per heavy atom. The van der Waals surface area contributed by atoms with Crippen molar-refractivity contribution in [1.29, 1.82) is 0 Å². The molecule has 0 spiro atoms. The molecule has 0 aliphatic carbocycles. The third kappa shape index (κ3) is 2.80. The van der Waals surface area contributed by atoms with E-state index >= 15 is 0 Å². The highest BCUT2D eigenvalue weighted by Crippen LogP contribution is 2.19. The Morgan fingerprint density at radius 3 is 2.33 bits per heavy atom. The van der Waals surface area contributed by atoms with E-state index in [1.54, 1.807) is 12.1 Å². The van der Waals surface area contributed by atoms with Crippen LogP contribution in [0.25, 0.3) is 0 Å². The maximum absolute atomic E-state index is 12.3. The summed E-state index contributed by atoms with van der Waals surface area (Å²) in [6.07, 6.45) is 2.15. The predicted molar refractivity (Wildman–Crippen MR) is 75.3 cm³/mol. The normalized spacial score (nSPS) is 10.3. The van der Waals surface area contributed by atoms with Gasteiger partial charge < -0.3 is 0 Å². The van der Waals surface area contributed by atoms with E-state index in [0.717, 1.165) is 12.8 Å². The maximum atomic E-state index is 12.3. The third-order valence-corrected chi connectivity index (χ3v) is 3.20. The molecule has 18 heavy (non-hydrogen) atoms. The monoisotopic (exact) mass is 258 g/mol. The summed E-state index contributed by atoms with van der Waals surface area (Å²) in [4.78, 5) is 12.3. The minimum atomic E-state index is -0.0244. The fraction of sp³-hybridized carbons (Fsp3) is 0.188. The Hall–Kier alpha value is -1.60. The second-order valence-corrected chi connectivity index (χ2v) is 4.66. The largest absolute Gasteiger partial charge is 0.289 e. The molecule has 2 aromatic rings. The van der Waals surface area contributed by atoms with Crippen molar-refractivity contribution in [1.82, 2.24) is 0 Å². The average Bonchev–Trinajstić information content (AvgIpc) is 2.40. The van der Waals surface area contributed by atoms with Crippen LogP contribution in [0.1, 0.15) is 34.8 Å². The van der Waals surface area contributed by atoms with Crippen LogP contribution in [0.3, 0.4) is 0 Å². The molecule has 0 fully saturated rings. The van der Waals surface area contributed by atoms with Gasteiger partial charge in [-0.2, -0.15) is 0 Å². The molecule has 0 N–H and O–H groups in total. The smallest absolute Gasteiger partial charge is 0.194 e. The van der Waals surface area contributed by atoms with Crippen molar-refractivity contribution in [2.75, 3.05) is 0 Å². The highest BCUT2D eigenvalue weighted by Gasteiger charge is 2.11. The van der Waals surface area contributed by atoms with Gasteiger partial charge in [0.05, 0.1) is 5.02 Å². The molecule has 0 atom stereocenters. The number of aryl methyl sites for hydroxylation is 1. The van der Waals surface area contributed by atoms with Gasteiger partial charge in [0.25, 0.3) is 0 Å². The number of carbonyl (C=O) groups excluding carboxylic acids is 1. The summed E-state index contributed by atoms with van der Waals surface area (Å²) in [5.41, 5.74) is 2.50. The van der Waals surface area contributed by atoms with E-state index in [1.165, 1.54) is 5.56 Å². The predicted octanol–water partition coefficient (Wildman–Crippen LogP) is 4.52. The summed E-state index contributed by atoms with van der Waals surface area (Å²) < 4.78 is 0. The molecule has 0 bridgehead atoms. The molecule has 0 radical (unpaired) electrons. The molecule has 0 heterocycles. The molecule has 2 aromatic carbocycles. The Kier molecular flexibility index (Phi) is 4.16. The van der Waals surface area contributed by atoms with Gasteiger partial charge in [-0.05, 0) is 24.1 Å². The molecular weight excluding hydrogens is 244 g/mol. The van der Waals surface area contributed by atoms with Gasteiger partial charge in [0.15, 0.2) is 5.78 Å². The standard InChI is InChI=1S/C16H15ClO/c1-2-5-12-8-10-13(11-9-12)16(18)14-6-3-4-7-15(14)17/h3-4,6-11H,2,5H2,1H3. The number of carbonyl (C=O) groups is 1. The number of halogens is 1. The maximum Gasteiger partial charge on any atom is 0.194 e. The molecule has 0 aromatic heterocycles. The molecular formula is C16H15ClO. The Labute approximate surface area is 112 Å². The minimum absolute atomic E-state index is 0.0244. The van der Waals surface area contributed by atoms with Crippen LogP contribution < -0.4 is 0 Å². The van der Waals surface area contributed by atoms with Gasteiger partial charge in [-0.15, -0.1) is 0 Å². The van der Waals surface area contributed by atoms with Crippen LogP contribution in [0.5, 0.6) is 0 Å². The molecule has 92 valence electrons. The summed E-state index contributed by atoms with van der Waals surface area (Å²) in [5.74, 6) is -0.0244. The average molecular weight is 259 g/mol. The third-order valence-electron chi connectivity index (χ3n) is 2.87. The highest BCUT2D eigenvalue weighted by molar-refractivity contribution is 6.34. The zero-order valence-electron chi connectivity index (χ0n) is 10.3. The first-order chi connectivity index (χ1) is 8.72. The molecule has 0 amide bonds. The summed E-state index contributed by atoms with van der Waals surface area (Å²) >= 11 is 6.03. The second-order valence-electron chi connectivity index (χ2n) is 4.26. The topological polar surface area (TPSA) is 17.1 Å². The van der Waals surface area contributed by atoms with Crippen LogP contribution in [0.2, 0.25) is 5.02 Å². The van der Waals surface area contributed by atoms with Gasteiger partial charge in [0.2, 0.25) is 0 Å². The summed E-state index contributed by atoms with van der Waals surface area (Å²) in [7, 11) is 0. The molecule has 2 heteroatoms. The van der Waals surface area contributed by atoms with Gasteiger partial charge in [-0.3, -0.25) is 4.79 Å². The summed E-state index contributed by atoms with van der Waals surface area (Å²) in [6, 6.07) is 14.9. The van der Waals surface area contributed by atoms with Crippen LogP contribution >= 0.6 is 11.6 Å². The molecule has 0 aliphatic rings. The first-order valence-electron chi connectivity index (χ1n) is 6.10. The van der Waals surface area contributed by atoms with Crippen molar-refractivity contribution in [3.05, 3.63) is 70.2 Å². The summed E-state index contributed by atoms with van der Waals surface area (Å²) in [6.45, 7) is 2.14. The lowest BCUT2D eigenvalue weighted by Crippen LogP contribution is -2.02. The number of hydrogen-bond acceptors (Lipinski definition) is 1. The SMILES string of the molecule is CCCc1ccc(C(=O)c2ccccc2Cl)cc1. The van der Waals surface area contributed by atoms with Crippen molar-refractivity contribution in [3.63, 3.8) is 0 Å². The van der Waals surface area contributed by atoms with Crippen LogP contribution in [-0.2, 0) is 6.42 Å². The van der Waals surface area contributed by atoms with Crippen molar-refractivity contribution in [2.45, 2.75) is 19.8 Å². The minimum Gasteiger partial charge on any atom is -0.289 e. The number of rotatable bonds is 4. The van der Waals surface area contributed by atoms with E-state index in [9.17, 15) is 4.79 Å². The fourth-order valence-corrected chi connectivity index (χ4v) is 2.13. The van der Waals surface area contributed by atoms with Crippen LogP contribution in [0, 0.1) is 0 Å². The quantitative estimate of drug-likeness (QED) is 0.737. The Morgan fingerprint density at radius 1 is 1.06 bits per heavy atom. The van der Waals surface area contributed by atoms with Crippen LogP contribution in [0.4, 0.5) is 0 Å². The lowest BCUT2D eigenvalue weighted by Gasteiger charge is -2.04. The number of ketones is 1. The van der Waals surface area contributed by atoms with E-state index in [1.807, 2.05) is 36.4 Å². The molecule has 2 rings (SSSR count). The molecule has 0 unspecified atom stereocenters. The first-order valence-corrected chi connectivity index (χ1v) is 6.48. The van der Waals surface area contributed by atoms with Gasteiger partial charge in [0, 0.05) is 11.1 Å². The molecule has 1 nitrogen and oxygen atoms in total. The molecule has 0 saturated heterocycles. The highest BCUT2D eigenvalue weighted by atomic mass is 35.5.